The molecule has 1 atom stereocenters. The predicted octanol–water partition coefficient (Wildman–Crippen LogP) is 7.70. The van der Waals surface area contributed by atoms with Crippen LogP contribution in [0.25, 0.3) is 0 Å². The molecule has 2 heteroatoms. The first-order chi connectivity index (χ1) is 12.8. The minimum Gasteiger partial charge on any atom is -0.356 e. The number of hydrogen-bond donors (Lipinski definition) is 0. The van der Waals surface area contributed by atoms with Crippen molar-refractivity contribution in [2.24, 2.45) is 0 Å². The summed E-state index contributed by atoms with van der Waals surface area (Å²) in [7, 11) is 0. The molecule has 1 aliphatic heterocycles. The molecular formula is C24H48N2. The lowest BCUT2D eigenvalue weighted by atomic mass is 10.1. The van der Waals surface area contributed by atoms with Gasteiger partial charge in [0.15, 0.2) is 0 Å². The summed E-state index contributed by atoms with van der Waals surface area (Å²) in [5.74, 6) is 0. The molecule has 0 spiro atoms. The zero-order valence-electron chi connectivity index (χ0n) is 18.4. The van der Waals surface area contributed by atoms with Crippen molar-refractivity contribution in [2.45, 2.75) is 130 Å². The molecule has 0 N–H and O–H groups in total. The minimum atomic E-state index is 0.625. The molecule has 1 unspecified atom stereocenters. The van der Waals surface area contributed by atoms with Crippen molar-refractivity contribution in [1.82, 2.24) is 9.80 Å². The Labute approximate surface area is 165 Å². The molecule has 0 aromatic rings. The second-order valence-electron chi connectivity index (χ2n) is 8.26. The lowest BCUT2D eigenvalue weighted by Crippen LogP contribution is -2.38. The van der Waals surface area contributed by atoms with Gasteiger partial charge in [0.1, 0.15) is 6.17 Å². The number of nitrogens with zero attached hydrogens (tertiary/aromatic N) is 2. The first-order valence-electron chi connectivity index (χ1n) is 12.0. The highest BCUT2D eigenvalue weighted by Crippen LogP contribution is 2.20. The van der Waals surface area contributed by atoms with E-state index in [-0.39, 0.29) is 0 Å². The van der Waals surface area contributed by atoms with Crippen molar-refractivity contribution >= 4 is 0 Å². The highest BCUT2D eigenvalue weighted by molar-refractivity contribution is 4.96. The molecule has 0 saturated heterocycles. The Bertz CT molecular complexity index is 326. The Morgan fingerprint density at radius 1 is 0.500 bits per heavy atom. The van der Waals surface area contributed by atoms with Crippen LogP contribution < -0.4 is 0 Å². The monoisotopic (exact) mass is 364 g/mol. The van der Waals surface area contributed by atoms with E-state index in [0.29, 0.717) is 6.17 Å². The Morgan fingerprint density at radius 3 is 1.27 bits per heavy atom. The van der Waals surface area contributed by atoms with E-state index in [2.05, 4.69) is 43.0 Å². The van der Waals surface area contributed by atoms with Gasteiger partial charge in [0.25, 0.3) is 0 Å². The van der Waals surface area contributed by atoms with Crippen LogP contribution in [0.4, 0.5) is 0 Å². The Kier molecular flexibility index (Phi) is 14.8. The molecule has 26 heavy (non-hydrogen) atoms. The zero-order valence-corrected chi connectivity index (χ0v) is 18.4. The second-order valence-corrected chi connectivity index (χ2v) is 8.26. The van der Waals surface area contributed by atoms with E-state index in [1.54, 1.807) is 0 Å². The number of rotatable bonds is 18. The Balaban J connectivity index is 1.95. The van der Waals surface area contributed by atoms with Gasteiger partial charge in [-0.15, -0.1) is 0 Å². The molecular weight excluding hydrogens is 316 g/mol. The maximum atomic E-state index is 2.59. The van der Waals surface area contributed by atoms with E-state index < -0.39 is 0 Å². The fourth-order valence-electron chi connectivity index (χ4n) is 4.16. The highest BCUT2D eigenvalue weighted by atomic mass is 15.4. The van der Waals surface area contributed by atoms with Crippen LogP contribution in [0.1, 0.15) is 124 Å². The summed E-state index contributed by atoms with van der Waals surface area (Å²) >= 11 is 0. The predicted molar refractivity (Wildman–Crippen MR) is 117 cm³/mol. The van der Waals surface area contributed by atoms with Gasteiger partial charge in [0.05, 0.1) is 0 Å². The van der Waals surface area contributed by atoms with Crippen LogP contribution in [0.2, 0.25) is 0 Å². The summed E-state index contributed by atoms with van der Waals surface area (Å²) in [4.78, 5) is 5.15. The van der Waals surface area contributed by atoms with E-state index in [0.717, 1.165) is 0 Å². The van der Waals surface area contributed by atoms with E-state index >= 15 is 0 Å². The molecule has 0 amide bonds. The third-order valence-corrected chi connectivity index (χ3v) is 5.87. The number of unbranched alkanes of at least 4 members (excludes halogenated alkanes) is 13. The largest absolute Gasteiger partial charge is 0.356 e. The molecule has 0 fully saturated rings. The molecule has 2 nitrogen and oxygen atoms in total. The standard InChI is InChI=1S/C24H48N2/c1-4-7-9-10-11-12-13-14-15-16-17-19-21-26-23-22-25(24(26)6-3)20-18-8-5-2/h22-24H,4-21H2,1-3H3. The van der Waals surface area contributed by atoms with Gasteiger partial charge in [-0.05, 0) is 19.3 Å². The molecule has 1 aliphatic rings. The van der Waals surface area contributed by atoms with Crippen molar-refractivity contribution in [3.8, 4) is 0 Å². The quantitative estimate of drug-likeness (QED) is 0.230. The van der Waals surface area contributed by atoms with Crippen molar-refractivity contribution in [3.63, 3.8) is 0 Å². The van der Waals surface area contributed by atoms with Crippen molar-refractivity contribution in [1.29, 1.82) is 0 Å². The van der Waals surface area contributed by atoms with Gasteiger partial charge >= 0.3 is 0 Å². The SMILES string of the molecule is CCCCCCCCCCCCCCN1C=CN(CCCCC)C1CC. The minimum absolute atomic E-state index is 0.625. The fourth-order valence-corrected chi connectivity index (χ4v) is 4.16. The van der Waals surface area contributed by atoms with E-state index in [1.807, 2.05) is 0 Å². The molecule has 0 radical (unpaired) electrons. The van der Waals surface area contributed by atoms with Gasteiger partial charge in [-0.1, -0.05) is 104 Å². The van der Waals surface area contributed by atoms with Gasteiger partial charge in [-0.3, -0.25) is 0 Å². The van der Waals surface area contributed by atoms with Gasteiger partial charge < -0.3 is 9.80 Å². The topological polar surface area (TPSA) is 6.48 Å². The molecule has 0 bridgehead atoms. The average molecular weight is 365 g/mol. The summed E-state index contributed by atoms with van der Waals surface area (Å²) in [6.45, 7) is 9.40. The van der Waals surface area contributed by atoms with Gasteiger partial charge in [-0.2, -0.15) is 0 Å². The lowest BCUT2D eigenvalue weighted by molar-refractivity contribution is 0.144. The van der Waals surface area contributed by atoms with Crippen molar-refractivity contribution < 1.29 is 0 Å². The van der Waals surface area contributed by atoms with Gasteiger partial charge in [0, 0.05) is 25.5 Å². The van der Waals surface area contributed by atoms with Crippen LogP contribution in [-0.4, -0.2) is 29.1 Å². The van der Waals surface area contributed by atoms with Crippen LogP contribution in [0.5, 0.6) is 0 Å². The Hall–Kier alpha value is -0.660. The smallest absolute Gasteiger partial charge is 0.100 e. The average Bonchev–Trinajstić information content (AvgIpc) is 3.04. The molecule has 1 heterocycles. The maximum Gasteiger partial charge on any atom is 0.100 e. The van der Waals surface area contributed by atoms with Crippen LogP contribution in [0.3, 0.4) is 0 Å². The molecule has 0 saturated carbocycles. The summed E-state index contributed by atoms with van der Waals surface area (Å²) in [5.41, 5.74) is 0. The van der Waals surface area contributed by atoms with Crippen LogP contribution >= 0.6 is 0 Å². The zero-order chi connectivity index (χ0) is 18.9. The summed E-state index contributed by atoms with van der Waals surface area (Å²) in [5, 5.41) is 0. The fraction of sp³-hybridized carbons (Fsp3) is 0.917. The van der Waals surface area contributed by atoms with Crippen molar-refractivity contribution in [3.05, 3.63) is 12.4 Å². The van der Waals surface area contributed by atoms with E-state index in [4.69, 9.17) is 0 Å². The molecule has 0 aromatic heterocycles. The summed E-state index contributed by atoms with van der Waals surface area (Å²) < 4.78 is 0. The third-order valence-electron chi connectivity index (χ3n) is 5.87. The second kappa shape index (κ2) is 16.5. The van der Waals surface area contributed by atoms with E-state index in [9.17, 15) is 0 Å². The Morgan fingerprint density at radius 2 is 0.846 bits per heavy atom. The lowest BCUT2D eigenvalue weighted by Gasteiger charge is -2.32. The van der Waals surface area contributed by atoms with Gasteiger partial charge in [-0.25, -0.2) is 0 Å². The van der Waals surface area contributed by atoms with Gasteiger partial charge in [0.2, 0.25) is 0 Å². The first-order valence-corrected chi connectivity index (χ1v) is 12.0. The third kappa shape index (κ3) is 10.5. The van der Waals surface area contributed by atoms with Crippen LogP contribution in [0.15, 0.2) is 12.4 Å². The maximum absolute atomic E-state index is 2.59. The van der Waals surface area contributed by atoms with Crippen molar-refractivity contribution in [2.75, 3.05) is 13.1 Å². The summed E-state index contributed by atoms with van der Waals surface area (Å²) in [6.07, 6.45) is 27.8. The number of hydrogen-bond acceptors (Lipinski definition) is 2. The summed E-state index contributed by atoms with van der Waals surface area (Å²) in [6, 6.07) is 0. The molecule has 154 valence electrons. The van der Waals surface area contributed by atoms with E-state index in [1.165, 1.54) is 116 Å². The normalized spacial score (nSPS) is 16.8. The molecule has 1 rings (SSSR count). The van der Waals surface area contributed by atoms with Crippen LogP contribution in [0, 0.1) is 0 Å². The molecule has 0 aliphatic carbocycles. The van der Waals surface area contributed by atoms with Crippen LogP contribution in [-0.2, 0) is 0 Å². The first kappa shape index (κ1) is 23.4. The highest BCUT2D eigenvalue weighted by Gasteiger charge is 2.23. The molecule has 0 aromatic carbocycles.